The molecule has 5 aliphatic carbocycles. The molecule has 1 amide bonds. The van der Waals surface area contributed by atoms with Crippen LogP contribution < -0.4 is 5.32 Å². The van der Waals surface area contributed by atoms with Crippen LogP contribution in [0.2, 0.25) is 0 Å². The van der Waals surface area contributed by atoms with Gasteiger partial charge >= 0.3 is 11.9 Å². The summed E-state index contributed by atoms with van der Waals surface area (Å²) in [6.07, 6.45) is 21.8. The molecule has 0 bridgehead atoms. The predicted molar refractivity (Wildman–Crippen MR) is 218 cm³/mol. The number of carboxylic acid groups (broad SMARTS) is 1. The second kappa shape index (κ2) is 15.7. The molecule has 5 rings (SSSR count). The lowest BCUT2D eigenvalue weighted by atomic mass is 9.33. The number of amides is 1. The maximum absolute atomic E-state index is 13.9. The van der Waals surface area contributed by atoms with E-state index in [0.717, 1.165) is 94.4 Å². The molecule has 0 aliphatic heterocycles. The van der Waals surface area contributed by atoms with Crippen LogP contribution in [0.4, 0.5) is 0 Å². The Bertz CT molecular complexity index is 1540. The summed E-state index contributed by atoms with van der Waals surface area (Å²) in [6.45, 7) is 24.3. The Hall–Kier alpha value is -2.28. The fraction of sp³-hybridized carbons (Fsp3) is 0.761. The van der Waals surface area contributed by atoms with Gasteiger partial charge in [-0.15, -0.1) is 0 Å². The summed E-state index contributed by atoms with van der Waals surface area (Å²) in [5.41, 5.74) is 4.50. The van der Waals surface area contributed by atoms with Crippen LogP contribution in [0.3, 0.4) is 0 Å². The minimum Gasteiger partial charge on any atom is -0.478 e. The van der Waals surface area contributed by atoms with Crippen LogP contribution in [-0.4, -0.2) is 47.1 Å². The highest BCUT2D eigenvalue weighted by Crippen LogP contribution is 2.75. The number of carbonyl (C=O) groups excluding carboxylic acids is 2. The molecule has 0 heterocycles. The molecule has 2 unspecified atom stereocenters. The van der Waals surface area contributed by atoms with Crippen LogP contribution in [0.5, 0.6) is 0 Å². The summed E-state index contributed by atoms with van der Waals surface area (Å²) in [5, 5.41) is 12.4. The van der Waals surface area contributed by atoms with E-state index in [1.54, 1.807) is 5.57 Å². The van der Waals surface area contributed by atoms with Crippen molar-refractivity contribution in [3.05, 3.63) is 47.1 Å². The lowest BCUT2D eigenvalue weighted by Gasteiger charge is -2.71. The Morgan fingerprint density at radius 1 is 0.906 bits per heavy atom. The molecule has 5 aliphatic rings. The first kappa shape index (κ1) is 41.9. The van der Waals surface area contributed by atoms with Crippen molar-refractivity contribution in [2.24, 2.45) is 50.2 Å². The molecule has 9 atom stereocenters. The maximum atomic E-state index is 13.9. The van der Waals surface area contributed by atoms with E-state index in [-0.39, 0.29) is 44.5 Å². The largest absolute Gasteiger partial charge is 0.478 e. The molecule has 0 aromatic carbocycles. The van der Waals surface area contributed by atoms with Crippen molar-refractivity contribution in [1.29, 1.82) is 0 Å². The van der Waals surface area contributed by atoms with Gasteiger partial charge in [0.05, 0.1) is 0 Å². The van der Waals surface area contributed by atoms with E-state index in [9.17, 15) is 14.4 Å². The number of carbonyl (C=O) groups is 3. The zero-order valence-electron chi connectivity index (χ0n) is 34.8. The van der Waals surface area contributed by atoms with E-state index in [4.69, 9.17) is 9.84 Å². The average molecular weight is 750 g/mol. The molecular formula is C46H71NO5S. The van der Waals surface area contributed by atoms with Crippen molar-refractivity contribution in [3.63, 3.8) is 0 Å². The van der Waals surface area contributed by atoms with Gasteiger partial charge in [0.25, 0.3) is 0 Å². The topological polar surface area (TPSA) is 92.7 Å². The van der Waals surface area contributed by atoms with Crippen molar-refractivity contribution >= 4 is 29.6 Å². The van der Waals surface area contributed by atoms with Crippen molar-refractivity contribution in [2.45, 2.75) is 152 Å². The molecule has 2 N–H and O–H groups in total. The number of thioether (sulfide) groups is 1. The van der Waals surface area contributed by atoms with Crippen molar-refractivity contribution in [1.82, 2.24) is 5.32 Å². The molecule has 0 saturated heterocycles. The molecular weight excluding hydrogens is 679 g/mol. The van der Waals surface area contributed by atoms with Crippen LogP contribution in [0.25, 0.3) is 0 Å². The van der Waals surface area contributed by atoms with Gasteiger partial charge in [-0.05, 0) is 137 Å². The first-order valence-electron chi connectivity index (χ1n) is 20.7. The number of hydrogen-bond acceptors (Lipinski definition) is 5. The molecule has 0 spiro atoms. The highest BCUT2D eigenvalue weighted by Gasteiger charge is 2.68. The lowest BCUT2D eigenvalue weighted by molar-refractivity contribution is -0.211. The summed E-state index contributed by atoms with van der Waals surface area (Å²) >= 11 is 1.90. The highest BCUT2D eigenvalue weighted by molar-refractivity contribution is 7.99. The molecule has 0 aromatic heterocycles. The summed E-state index contributed by atoms with van der Waals surface area (Å²) in [7, 11) is 0. The average Bonchev–Trinajstić information content (AvgIpc) is 3.07. The van der Waals surface area contributed by atoms with Gasteiger partial charge in [0, 0.05) is 41.0 Å². The van der Waals surface area contributed by atoms with Crippen LogP contribution in [0, 0.1) is 50.2 Å². The van der Waals surface area contributed by atoms with Gasteiger partial charge in [-0.3, -0.25) is 4.79 Å². The van der Waals surface area contributed by atoms with Crippen molar-refractivity contribution in [2.75, 3.05) is 18.1 Å². The second-order valence-electron chi connectivity index (χ2n) is 19.9. The van der Waals surface area contributed by atoms with Crippen molar-refractivity contribution in [3.8, 4) is 0 Å². The van der Waals surface area contributed by atoms with E-state index in [0.29, 0.717) is 17.8 Å². The molecule has 6 nitrogen and oxygen atoms in total. The Balaban J connectivity index is 1.26. The summed E-state index contributed by atoms with van der Waals surface area (Å²) in [6, 6.07) is 0. The molecule has 0 aromatic rings. The summed E-state index contributed by atoms with van der Waals surface area (Å²) < 4.78 is 5.96. The fourth-order valence-electron chi connectivity index (χ4n) is 12.5. The van der Waals surface area contributed by atoms with Crippen LogP contribution in [-0.2, 0) is 19.1 Å². The number of aliphatic carboxylic acids is 1. The third-order valence-corrected chi connectivity index (χ3v) is 17.0. The van der Waals surface area contributed by atoms with Gasteiger partial charge in [-0.1, -0.05) is 83.4 Å². The van der Waals surface area contributed by atoms with Gasteiger partial charge in [-0.2, -0.15) is 11.8 Å². The summed E-state index contributed by atoms with van der Waals surface area (Å²) in [4.78, 5) is 37.5. The zero-order valence-corrected chi connectivity index (χ0v) is 35.6. The Morgan fingerprint density at radius 3 is 2.32 bits per heavy atom. The van der Waals surface area contributed by atoms with Gasteiger partial charge in [0.1, 0.15) is 6.10 Å². The third-order valence-electron chi connectivity index (χ3n) is 16.1. The zero-order chi connectivity index (χ0) is 39.0. The molecule has 4 saturated carbocycles. The molecule has 0 radical (unpaired) electrons. The van der Waals surface area contributed by atoms with E-state index >= 15 is 0 Å². The van der Waals surface area contributed by atoms with Gasteiger partial charge < -0.3 is 15.2 Å². The van der Waals surface area contributed by atoms with Gasteiger partial charge in [-0.25, -0.2) is 9.59 Å². The fourth-order valence-corrected chi connectivity index (χ4v) is 13.3. The number of nitrogens with one attached hydrogen (secondary N) is 1. The normalized spacial score (nSPS) is 39.1. The lowest BCUT2D eigenvalue weighted by Crippen LogP contribution is -2.64. The van der Waals surface area contributed by atoms with Crippen LogP contribution >= 0.6 is 11.8 Å². The first-order valence-corrected chi connectivity index (χ1v) is 21.8. The smallest absolute Gasteiger partial charge is 0.331 e. The molecule has 4 fully saturated rings. The molecule has 53 heavy (non-hydrogen) atoms. The predicted octanol–water partition coefficient (Wildman–Crippen LogP) is 10.9. The number of esters is 1. The summed E-state index contributed by atoms with van der Waals surface area (Å²) in [5.74, 6) is 1.83. The van der Waals surface area contributed by atoms with E-state index in [2.05, 4.69) is 92.8 Å². The van der Waals surface area contributed by atoms with Crippen LogP contribution in [0.1, 0.15) is 146 Å². The molecule has 7 heteroatoms. The minimum atomic E-state index is -1.14. The standard InChI is InChI=1S/C46H71NO5S/c1-31(2)12-11-13-32(3)20-28-53-29-27-47-40(51)43(7)24-23-42(6)25-26-45(9)33(34(42)30-43)14-15-36-44(8)21-19-37(52-39(50)17-16-38(48)49)41(4,5)35(44)18-22-46(36,45)10/h12,14,16-17,20,34-37H,11,13,15,18-19,21-30H2,1-10H3,(H,47,51)(H,48,49)/b17-16-,32-20?/t34-,35+,36?,37-,42+,43?,44-,45+,46+/m0/s1. The maximum Gasteiger partial charge on any atom is 0.331 e. The number of fused-ring (bicyclic) bond motifs is 7. The first-order chi connectivity index (χ1) is 24.7. The minimum absolute atomic E-state index is 0.0891. The SMILES string of the molecule is CC(C)=CCCC(C)=CCSCCNC(=O)C1(C)CC[C@]2(C)CC[C@]3(C)C(=CCC4[C@@]5(C)CC[C@H](OC(=O)/C=C\C(=O)O)C(C)(C)[C@H]5CC[C@]43C)[C@@H]2C1. The number of hydrogen-bond donors (Lipinski definition) is 2. The molecule has 296 valence electrons. The number of carboxylic acids is 1. The second-order valence-corrected chi connectivity index (χ2v) is 21.1. The van der Waals surface area contributed by atoms with Crippen molar-refractivity contribution < 1.29 is 24.2 Å². The van der Waals surface area contributed by atoms with Gasteiger partial charge in [0.2, 0.25) is 5.91 Å². The third kappa shape index (κ3) is 8.03. The highest BCUT2D eigenvalue weighted by atomic mass is 32.2. The quantitative estimate of drug-likeness (QED) is 0.0893. The van der Waals surface area contributed by atoms with Crippen LogP contribution in [0.15, 0.2) is 47.1 Å². The van der Waals surface area contributed by atoms with E-state index in [1.807, 2.05) is 11.8 Å². The Labute approximate surface area is 325 Å². The van der Waals surface area contributed by atoms with E-state index in [1.165, 1.54) is 24.0 Å². The van der Waals surface area contributed by atoms with Gasteiger partial charge in [0.15, 0.2) is 0 Å². The monoisotopic (exact) mass is 750 g/mol. The van der Waals surface area contributed by atoms with E-state index < -0.39 is 11.9 Å². The Morgan fingerprint density at radius 2 is 1.62 bits per heavy atom. The Kier molecular flexibility index (Phi) is 12.4. The number of allylic oxidation sites excluding steroid dienone is 5. The number of rotatable bonds is 12. The number of ether oxygens (including phenoxy) is 1.